The normalized spacial score (nSPS) is 19.5. The Labute approximate surface area is 116 Å². The summed E-state index contributed by atoms with van der Waals surface area (Å²) < 4.78 is 0.824. The van der Waals surface area contributed by atoms with Crippen LogP contribution in [-0.2, 0) is 0 Å². The van der Waals surface area contributed by atoms with Crippen molar-refractivity contribution in [2.75, 3.05) is 5.73 Å². The third-order valence-corrected chi connectivity index (χ3v) is 4.01. The Morgan fingerprint density at radius 3 is 2.78 bits per heavy atom. The smallest absolute Gasteiger partial charge is 0.189 e. The fourth-order valence-electron chi connectivity index (χ4n) is 2.29. The molecule has 96 valence electrons. The highest BCUT2D eigenvalue weighted by Crippen LogP contribution is 2.26. The quantitative estimate of drug-likeness (QED) is 0.646. The number of hydrogen-bond donors (Lipinski definition) is 1. The van der Waals surface area contributed by atoms with Crippen molar-refractivity contribution in [3.63, 3.8) is 0 Å². The van der Waals surface area contributed by atoms with Crippen LogP contribution in [0.15, 0.2) is 34.3 Å². The van der Waals surface area contributed by atoms with Crippen LogP contribution in [0.3, 0.4) is 0 Å². The van der Waals surface area contributed by atoms with Gasteiger partial charge in [0.25, 0.3) is 0 Å². The summed E-state index contributed by atoms with van der Waals surface area (Å²) in [5.41, 5.74) is 8.02. The van der Waals surface area contributed by atoms with Gasteiger partial charge in [0.2, 0.25) is 0 Å². The van der Waals surface area contributed by atoms with Gasteiger partial charge in [-0.2, -0.15) is 0 Å². The second-order valence-electron chi connectivity index (χ2n) is 4.75. The molecular weight excluding hydrogens is 290 g/mol. The molecule has 0 unspecified atom stereocenters. The van der Waals surface area contributed by atoms with E-state index in [4.69, 9.17) is 5.73 Å². The van der Waals surface area contributed by atoms with E-state index in [1.54, 1.807) is 12.1 Å². The van der Waals surface area contributed by atoms with E-state index >= 15 is 0 Å². The monoisotopic (exact) mass is 307 g/mol. The Kier molecular flexibility index (Phi) is 4.59. The maximum absolute atomic E-state index is 12.5. The topological polar surface area (TPSA) is 43.1 Å². The number of carbonyl (C=O) groups excluding carboxylic acids is 1. The first-order chi connectivity index (χ1) is 8.68. The summed E-state index contributed by atoms with van der Waals surface area (Å²) in [7, 11) is 0. The van der Waals surface area contributed by atoms with Crippen LogP contribution in [0.25, 0.3) is 0 Å². The zero-order valence-corrected chi connectivity index (χ0v) is 12.0. The van der Waals surface area contributed by atoms with Gasteiger partial charge in [0, 0.05) is 15.7 Å². The summed E-state index contributed by atoms with van der Waals surface area (Å²) in [5.74, 6) is 0.121. The number of nitrogens with two attached hydrogens (primary N) is 1. The Morgan fingerprint density at radius 2 is 1.94 bits per heavy atom. The lowest BCUT2D eigenvalue weighted by atomic mass is 9.94. The van der Waals surface area contributed by atoms with Crippen LogP contribution in [0.4, 0.5) is 5.69 Å². The molecule has 0 bridgehead atoms. The van der Waals surface area contributed by atoms with Crippen LogP contribution in [0, 0.1) is 0 Å². The number of carbonyl (C=O) groups is 1. The number of nitrogen functional groups attached to an aromatic ring is 1. The number of anilines is 1. The molecule has 0 radical (unpaired) electrons. The summed E-state index contributed by atoms with van der Waals surface area (Å²) >= 11 is 3.43. The second-order valence-corrected chi connectivity index (χ2v) is 5.60. The summed E-state index contributed by atoms with van der Waals surface area (Å²) in [6.07, 6.45) is 8.81. The lowest BCUT2D eigenvalue weighted by Gasteiger charge is -2.12. The second kappa shape index (κ2) is 6.19. The first kappa shape index (κ1) is 13.3. The molecule has 0 atom stereocenters. The van der Waals surface area contributed by atoms with Crippen LogP contribution in [0.5, 0.6) is 0 Å². The van der Waals surface area contributed by atoms with Gasteiger partial charge in [-0.25, -0.2) is 0 Å². The van der Waals surface area contributed by atoms with E-state index in [0.717, 1.165) is 29.3 Å². The standard InChI is InChI=1S/C15H18BrNO/c16-14-9-8-12(17)10-13(14)15(18)11-6-4-2-1-3-5-7-11/h6,8-10H,1-5,7,17H2/b11-6+. The summed E-state index contributed by atoms with van der Waals surface area (Å²) in [4.78, 5) is 12.5. The molecular formula is C15H18BrNO. The first-order valence-electron chi connectivity index (χ1n) is 6.47. The van der Waals surface area contributed by atoms with Crippen LogP contribution in [0.1, 0.15) is 48.9 Å². The van der Waals surface area contributed by atoms with E-state index < -0.39 is 0 Å². The van der Waals surface area contributed by atoms with Crippen molar-refractivity contribution in [3.05, 3.63) is 39.9 Å². The average Bonchev–Trinajstić information content (AvgIpc) is 2.31. The molecule has 0 saturated carbocycles. The number of allylic oxidation sites excluding steroid dienone is 2. The molecule has 0 amide bonds. The maximum Gasteiger partial charge on any atom is 0.189 e. The van der Waals surface area contributed by atoms with Gasteiger partial charge < -0.3 is 5.73 Å². The van der Waals surface area contributed by atoms with Crippen molar-refractivity contribution in [1.29, 1.82) is 0 Å². The lowest BCUT2D eigenvalue weighted by molar-refractivity contribution is 0.102. The number of rotatable bonds is 2. The van der Waals surface area contributed by atoms with Gasteiger partial charge in [-0.1, -0.05) is 34.8 Å². The van der Waals surface area contributed by atoms with E-state index in [1.807, 2.05) is 6.07 Å². The molecule has 2 N–H and O–H groups in total. The molecule has 1 aromatic carbocycles. The van der Waals surface area contributed by atoms with E-state index in [1.165, 1.54) is 19.3 Å². The molecule has 1 aromatic rings. The maximum atomic E-state index is 12.5. The summed E-state index contributed by atoms with van der Waals surface area (Å²) in [6, 6.07) is 5.39. The fraction of sp³-hybridized carbons (Fsp3) is 0.400. The Morgan fingerprint density at radius 1 is 1.17 bits per heavy atom. The number of halogens is 1. The molecule has 0 aromatic heterocycles. The van der Waals surface area contributed by atoms with Gasteiger partial charge in [-0.05, 0) is 49.5 Å². The molecule has 0 heterocycles. The molecule has 0 saturated heterocycles. The molecule has 2 nitrogen and oxygen atoms in total. The SMILES string of the molecule is Nc1ccc(Br)c(C(=O)/C2=C/CCCCCC2)c1. The molecule has 1 aliphatic carbocycles. The molecule has 0 fully saturated rings. The Bertz CT molecular complexity index is 479. The molecule has 1 aliphatic rings. The van der Waals surface area contributed by atoms with E-state index in [2.05, 4.69) is 22.0 Å². The van der Waals surface area contributed by atoms with Crippen LogP contribution < -0.4 is 5.73 Å². The lowest BCUT2D eigenvalue weighted by Crippen LogP contribution is -2.06. The zero-order valence-electron chi connectivity index (χ0n) is 10.4. The summed E-state index contributed by atoms with van der Waals surface area (Å²) in [6.45, 7) is 0. The highest BCUT2D eigenvalue weighted by atomic mass is 79.9. The van der Waals surface area contributed by atoms with Crippen molar-refractivity contribution in [2.24, 2.45) is 0 Å². The minimum Gasteiger partial charge on any atom is -0.399 e. The zero-order chi connectivity index (χ0) is 13.0. The van der Waals surface area contributed by atoms with Gasteiger partial charge >= 0.3 is 0 Å². The predicted molar refractivity (Wildman–Crippen MR) is 78.7 cm³/mol. The van der Waals surface area contributed by atoms with Crippen LogP contribution in [-0.4, -0.2) is 5.78 Å². The van der Waals surface area contributed by atoms with Gasteiger partial charge in [-0.3, -0.25) is 4.79 Å². The van der Waals surface area contributed by atoms with E-state index in [-0.39, 0.29) is 5.78 Å². The van der Waals surface area contributed by atoms with Gasteiger partial charge in [0.15, 0.2) is 5.78 Å². The van der Waals surface area contributed by atoms with Crippen molar-refractivity contribution in [2.45, 2.75) is 38.5 Å². The largest absolute Gasteiger partial charge is 0.399 e. The molecule has 2 rings (SSSR count). The Balaban J connectivity index is 2.26. The van der Waals surface area contributed by atoms with Gasteiger partial charge in [0.1, 0.15) is 0 Å². The number of hydrogen-bond acceptors (Lipinski definition) is 2. The summed E-state index contributed by atoms with van der Waals surface area (Å²) in [5, 5.41) is 0. The van der Waals surface area contributed by atoms with Crippen molar-refractivity contribution < 1.29 is 4.79 Å². The first-order valence-corrected chi connectivity index (χ1v) is 7.26. The fourth-order valence-corrected chi connectivity index (χ4v) is 2.71. The molecule has 0 aliphatic heterocycles. The predicted octanol–water partition coefficient (Wildman–Crippen LogP) is 4.49. The third kappa shape index (κ3) is 3.22. The molecule has 18 heavy (non-hydrogen) atoms. The molecule has 3 heteroatoms. The average molecular weight is 308 g/mol. The highest BCUT2D eigenvalue weighted by Gasteiger charge is 2.16. The Hall–Kier alpha value is -1.09. The van der Waals surface area contributed by atoms with Crippen molar-refractivity contribution in [1.82, 2.24) is 0 Å². The van der Waals surface area contributed by atoms with Crippen molar-refractivity contribution in [3.8, 4) is 0 Å². The van der Waals surface area contributed by atoms with E-state index in [0.29, 0.717) is 11.3 Å². The van der Waals surface area contributed by atoms with Gasteiger partial charge in [0.05, 0.1) is 0 Å². The minimum absolute atomic E-state index is 0.121. The minimum atomic E-state index is 0.121. The van der Waals surface area contributed by atoms with Crippen molar-refractivity contribution >= 4 is 27.4 Å². The molecule has 0 spiro atoms. The van der Waals surface area contributed by atoms with Crippen LogP contribution >= 0.6 is 15.9 Å². The van der Waals surface area contributed by atoms with E-state index in [9.17, 15) is 4.79 Å². The van der Waals surface area contributed by atoms with Crippen LogP contribution in [0.2, 0.25) is 0 Å². The number of Topliss-reactive ketones (excluding diaryl/α,β-unsaturated/α-hetero) is 1. The number of benzene rings is 1. The highest BCUT2D eigenvalue weighted by molar-refractivity contribution is 9.10. The third-order valence-electron chi connectivity index (χ3n) is 3.32. The number of ketones is 1. The van der Waals surface area contributed by atoms with Gasteiger partial charge in [-0.15, -0.1) is 0 Å².